The third-order valence-corrected chi connectivity index (χ3v) is 3.47. The number of anilines is 1. The highest BCUT2D eigenvalue weighted by molar-refractivity contribution is 9.10. The van der Waals surface area contributed by atoms with Gasteiger partial charge in [-0.3, -0.25) is 4.79 Å². The molecule has 0 aliphatic carbocycles. The number of halogens is 1. The second kappa shape index (κ2) is 6.49. The molecule has 0 aliphatic rings. The van der Waals surface area contributed by atoms with Crippen LogP contribution in [-0.2, 0) is 17.9 Å². The van der Waals surface area contributed by atoms with E-state index in [1.54, 1.807) is 13.3 Å². The Morgan fingerprint density at radius 1 is 1.37 bits per heavy atom. The molecule has 1 heterocycles. The monoisotopic (exact) mass is 323 g/mol. The zero-order valence-electron chi connectivity index (χ0n) is 10.4. The van der Waals surface area contributed by atoms with Gasteiger partial charge in [-0.2, -0.15) is 5.10 Å². The zero-order valence-corrected chi connectivity index (χ0v) is 12.0. The SMILES string of the molecule is COCc1ccccc1CNc1cn[nH]c(=O)c1Br. The smallest absolute Gasteiger partial charge is 0.280 e. The minimum Gasteiger partial charge on any atom is -0.380 e. The predicted molar refractivity (Wildman–Crippen MR) is 77.0 cm³/mol. The van der Waals surface area contributed by atoms with Gasteiger partial charge >= 0.3 is 0 Å². The summed E-state index contributed by atoms with van der Waals surface area (Å²) in [6, 6.07) is 7.99. The Balaban J connectivity index is 2.14. The van der Waals surface area contributed by atoms with Crippen LogP contribution >= 0.6 is 15.9 Å². The topological polar surface area (TPSA) is 67.0 Å². The minimum absolute atomic E-state index is 0.254. The summed E-state index contributed by atoms with van der Waals surface area (Å²) in [4.78, 5) is 11.4. The first-order valence-electron chi connectivity index (χ1n) is 5.75. The van der Waals surface area contributed by atoms with Crippen LogP contribution < -0.4 is 10.9 Å². The normalized spacial score (nSPS) is 10.4. The molecule has 0 unspecified atom stereocenters. The summed E-state index contributed by atoms with van der Waals surface area (Å²) >= 11 is 3.23. The molecule has 100 valence electrons. The van der Waals surface area contributed by atoms with E-state index in [-0.39, 0.29) is 5.56 Å². The number of hydrogen-bond acceptors (Lipinski definition) is 4. The molecule has 0 bridgehead atoms. The minimum atomic E-state index is -0.254. The molecule has 6 heteroatoms. The van der Waals surface area contributed by atoms with Crippen molar-refractivity contribution in [2.75, 3.05) is 12.4 Å². The first-order chi connectivity index (χ1) is 9.22. The Kier molecular flexibility index (Phi) is 4.70. The van der Waals surface area contributed by atoms with E-state index in [1.165, 1.54) is 0 Å². The number of rotatable bonds is 5. The lowest BCUT2D eigenvalue weighted by molar-refractivity contribution is 0.184. The summed E-state index contributed by atoms with van der Waals surface area (Å²) in [5.41, 5.74) is 2.65. The maximum Gasteiger partial charge on any atom is 0.280 e. The Morgan fingerprint density at radius 3 is 2.84 bits per heavy atom. The van der Waals surface area contributed by atoms with Gasteiger partial charge in [0, 0.05) is 13.7 Å². The van der Waals surface area contributed by atoms with Gasteiger partial charge in [0.1, 0.15) is 4.47 Å². The van der Waals surface area contributed by atoms with Gasteiger partial charge in [0.2, 0.25) is 0 Å². The highest BCUT2D eigenvalue weighted by atomic mass is 79.9. The van der Waals surface area contributed by atoms with Crippen LogP contribution in [0.3, 0.4) is 0 Å². The van der Waals surface area contributed by atoms with E-state index >= 15 is 0 Å². The van der Waals surface area contributed by atoms with E-state index in [0.29, 0.717) is 23.3 Å². The number of nitrogens with zero attached hydrogens (tertiary/aromatic N) is 1. The van der Waals surface area contributed by atoms with Crippen molar-refractivity contribution in [1.82, 2.24) is 10.2 Å². The number of benzene rings is 1. The standard InChI is InChI=1S/C13H14BrN3O2/c1-19-8-10-5-3-2-4-9(10)6-15-11-7-16-17-13(18)12(11)14/h2-5,7H,6,8H2,1H3,(H2,15,17,18). The van der Waals surface area contributed by atoms with Crippen molar-refractivity contribution >= 4 is 21.6 Å². The highest BCUT2D eigenvalue weighted by Crippen LogP contribution is 2.18. The molecule has 0 fully saturated rings. The molecule has 2 N–H and O–H groups in total. The number of H-pyrrole nitrogens is 1. The number of aromatic nitrogens is 2. The fourth-order valence-electron chi connectivity index (χ4n) is 1.72. The Bertz CT molecular complexity index is 613. The van der Waals surface area contributed by atoms with Crippen molar-refractivity contribution < 1.29 is 4.74 Å². The predicted octanol–water partition coefficient (Wildman–Crippen LogP) is 2.29. The third-order valence-electron chi connectivity index (χ3n) is 2.68. The van der Waals surface area contributed by atoms with Gasteiger partial charge in [0.05, 0.1) is 18.5 Å². The highest BCUT2D eigenvalue weighted by Gasteiger charge is 2.05. The van der Waals surface area contributed by atoms with Gasteiger partial charge in [-0.25, -0.2) is 5.10 Å². The molecule has 0 aliphatic heterocycles. The average molecular weight is 324 g/mol. The summed E-state index contributed by atoms with van der Waals surface area (Å²) < 4.78 is 5.61. The molecule has 0 spiro atoms. The summed E-state index contributed by atoms with van der Waals surface area (Å²) in [7, 11) is 1.67. The van der Waals surface area contributed by atoms with E-state index in [0.717, 1.165) is 11.1 Å². The van der Waals surface area contributed by atoms with Gasteiger partial charge in [-0.1, -0.05) is 24.3 Å². The van der Waals surface area contributed by atoms with Crippen LogP contribution in [0.25, 0.3) is 0 Å². The van der Waals surface area contributed by atoms with Crippen LogP contribution in [0.5, 0.6) is 0 Å². The van der Waals surface area contributed by atoms with Crippen LogP contribution in [0.2, 0.25) is 0 Å². The van der Waals surface area contributed by atoms with Crippen molar-refractivity contribution in [3.05, 3.63) is 56.4 Å². The molecule has 0 saturated heterocycles. The molecule has 0 amide bonds. The molecule has 2 rings (SSSR count). The Morgan fingerprint density at radius 2 is 2.11 bits per heavy atom. The third kappa shape index (κ3) is 3.42. The van der Waals surface area contributed by atoms with E-state index in [4.69, 9.17) is 4.74 Å². The fourth-order valence-corrected chi connectivity index (χ4v) is 2.05. The van der Waals surface area contributed by atoms with Crippen molar-refractivity contribution in [3.8, 4) is 0 Å². The summed E-state index contributed by atoms with van der Waals surface area (Å²) in [5.74, 6) is 0. The number of methoxy groups -OCH3 is 1. The molecule has 5 nitrogen and oxygen atoms in total. The first kappa shape index (κ1) is 13.8. The maximum atomic E-state index is 11.4. The van der Waals surface area contributed by atoms with Crippen LogP contribution in [0, 0.1) is 0 Å². The molecule has 0 atom stereocenters. The Hall–Kier alpha value is -1.66. The van der Waals surface area contributed by atoms with Crippen molar-refractivity contribution in [2.24, 2.45) is 0 Å². The summed E-state index contributed by atoms with van der Waals surface area (Å²) in [5, 5.41) is 9.30. The molecular weight excluding hydrogens is 310 g/mol. The van der Waals surface area contributed by atoms with Gasteiger partial charge in [0.15, 0.2) is 0 Å². The molecular formula is C13H14BrN3O2. The quantitative estimate of drug-likeness (QED) is 0.886. The number of ether oxygens (including phenoxy) is 1. The Labute approximate surface area is 119 Å². The van der Waals surface area contributed by atoms with E-state index < -0.39 is 0 Å². The lowest BCUT2D eigenvalue weighted by Gasteiger charge is -2.11. The molecule has 19 heavy (non-hydrogen) atoms. The van der Waals surface area contributed by atoms with Crippen LogP contribution in [0.15, 0.2) is 39.7 Å². The number of aromatic amines is 1. The van der Waals surface area contributed by atoms with Gasteiger partial charge in [-0.05, 0) is 27.1 Å². The average Bonchev–Trinajstić information content (AvgIpc) is 2.42. The van der Waals surface area contributed by atoms with E-state index in [1.807, 2.05) is 24.3 Å². The summed E-state index contributed by atoms with van der Waals surface area (Å²) in [6.45, 7) is 1.16. The van der Waals surface area contributed by atoms with Crippen LogP contribution in [-0.4, -0.2) is 17.3 Å². The second-order valence-corrected chi connectivity index (χ2v) is 4.78. The van der Waals surface area contributed by atoms with Crippen molar-refractivity contribution in [2.45, 2.75) is 13.2 Å². The first-order valence-corrected chi connectivity index (χ1v) is 6.54. The van der Waals surface area contributed by atoms with Gasteiger partial charge in [-0.15, -0.1) is 0 Å². The van der Waals surface area contributed by atoms with E-state index in [2.05, 4.69) is 31.4 Å². The number of hydrogen-bond donors (Lipinski definition) is 2. The van der Waals surface area contributed by atoms with Crippen LogP contribution in [0.4, 0.5) is 5.69 Å². The van der Waals surface area contributed by atoms with Crippen molar-refractivity contribution in [3.63, 3.8) is 0 Å². The number of nitrogens with one attached hydrogen (secondary N) is 2. The molecule has 1 aromatic carbocycles. The molecule has 0 saturated carbocycles. The summed E-state index contributed by atoms with van der Waals surface area (Å²) in [6.07, 6.45) is 1.57. The molecule has 0 radical (unpaired) electrons. The van der Waals surface area contributed by atoms with Gasteiger partial charge in [0.25, 0.3) is 5.56 Å². The van der Waals surface area contributed by atoms with Crippen molar-refractivity contribution in [1.29, 1.82) is 0 Å². The lowest BCUT2D eigenvalue weighted by Crippen LogP contribution is -2.12. The lowest BCUT2D eigenvalue weighted by atomic mass is 10.1. The zero-order chi connectivity index (χ0) is 13.7. The fraction of sp³-hybridized carbons (Fsp3) is 0.231. The van der Waals surface area contributed by atoms with Gasteiger partial charge < -0.3 is 10.1 Å². The van der Waals surface area contributed by atoms with Crippen LogP contribution in [0.1, 0.15) is 11.1 Å². The molecule has 1 aromatic heterocycles. The largest absolute Gasteiger partial charge is 0.380 e. The maximum absolute atomic E-state index is 11.4. The second-order valence-electron chi connectivity index (χ2n) is 3.98. The molecule has 2 aromatic rings. The van der Waals surface area contributed by atoms with E-state index in [9.17, 15) is 4.79 Å².